The molecule has 0 aliphatic heterocycles. The molecule has 0 spiro atoms. The Balaban J connectivity index is 2.16. The molecule has 4 rings (SSSR count). The van der Waals surface area contributed by atoms with Crippen molar-refractivity contribution in [3.8, 4) is 0 Å². The molecular formula is C36H42. The molecule has 0 amide bonds. The molecule has 0 radical (unpaired) electrons. The summed E-state index contributed by atoms with van der Waals surface area (Å²) < 4.78 is 0. The molecule has 1 aliphatic rings. The summed E-state index contributed by atoms with van der Waals surface area (Å²) in [5.74, 6) is 0. The van der Waals surface area contributed by atoms with Gasteiger partial charge in [0.1, 0.15) is 0 Å². The standard InChI is InChI=1S/C36H42/c1-9-12-16-25(10-2)27-19-21-29-32(23-27)34(36(7,8)11-3)30-22-20-28(26-17-14-13-15-18-26)24-31(30)33(29)35(4,5)6/h9-10,12,14,16-24H,1,11,13,15H2,2-8H3/b16-12-,25-10+. The van der Waals surface area contributed by atoms with Crippen LogP contribution in [0.5, 0.6) is 0 Å². The van der Waals surface area contributed by atoms with E-state index in [1.54, 1.807) is 0 Å². The SMILES string of the molecule is C=C/C=C\C(=C/C)c1ccc2c(C(C)(C)C)c3cc(C4=CCCC=C4)ccc3c(C(C)(C)CC)c2c1. The van der Waals surface area contributed by atoms with Gasteiger partial charge in [-0.2, -0.15) is 0 Å². The van der Waals surface area contributed by atoms with Crippen molar-refractivity contribution < 1.29 is 0 Å². The lowest BCUT2D eigenvalue weighted by molar-refractivity contribution is 0.514. The third-order valence-electron chi connectivity index (χ3n) is 7.81. The molecule has 0 saturated carbocycles. The topological polar surface area (TPSA) is 0 Å². The highest BCUT2D eigenvalue weighted by molar-refractivity contribution is 6.09. The minimum absolute atomic E-state index is 0.00841. The Kier molecular flexibility index (Phi) is 7.28. The van der Waals surface area contributed by atoms with Crippen LogP contribution in [-0.4, -0.2) is 0 Å². The quantitative estimate of drug-likeness (QED) is 0.246. The van der Waals surface area contributed by atoms with Crippen molar-refractivity contribution in [2.24, 2.45) is 0 Å². The molecular weight excluding hydrogens is 432 g/mol. The molecule has 0 saturated heterocycles. The fourth-order valence-corrected chi connectivity index (χ4v) is 5.66. The smallest absolute Gasteiger partial charge is 0.00939 e. The third kappa shape index (κ3) is 4.79. The average molecular weight is 475 g/mol. The predicted molar refractivity (Wildman–Crippen MR) is 163 cm³/mol. The van der Waals surface area contributed by atoms with E-state index in [-0.39, 0.29) is 10.8 Å². The van der Waals surface area contributed by atoms with Gasteiger partial charge in [0.2, 0.25) is 0 Å². The van der Waals surface area contributed by atoms with E-state index in [0.717, 1.165) is 19.3 Å². The van der Waals surface area contributed by atoms with Crippen molar-refractivity contribution in [3.05, 3.63) is 108 Å². The van der Waals surface area contributed by atoms with Gasteiger partial charge in [-0.25, -0.2) is 0 Å². The van der Waals surface area contributed by atoms with E-state index in [9.17, 15) is 0 Å². The molecule has 0 bridgehead atoms. The summed E-state index contributed by atoms with van der Waals surface area (Å²) in [4.78, 5) is 0. The minimum atomic E-state index is 0.00841. The number of rotatable bonds is 6. The maximum absolute atomic E-state index is 3.86. The fourth-order valence-electron chi connectivity index (χ4n) is 5.66. The number of fused-ring (bicyclic) bond motifs is 2. The van der Waals surface area contributed by atoms with E-state index in [4.69, 9.17) is 0 Å². The van der Waals surface area contributed by atoms with Crippen LogP contribution in [0, 0.1) is 0 Å². The Morgan fingerprint density at radius 1 is 0.889 bits per heavy atom. The van der Waals surface area contributed by atoms with Crippen LogP contribution in [0.15, 0.2) is 85.5 Å². The molecule has 3 aromatic carbocycles. The van der Waals surface area contributed by atoms with Crippen LogP contribution in [0.2, 0.25) is 0 Å². The number of allylic oxidation sites excluding steroid dienone is 9. The van der Waals surface area contributed by atoms with E-state index >= 15 is 0 Å². The van der Waals surface area contributed by atoms with E-state index in [1.807, 2.05) is 12.2 Å². The van der Waals surface area contributed by atoms with Gasteiger partial charge >= 0.3 is 0 Å². The summed E-state index contributed by atoms with van der Waals surface area (Å²) in [7, 11) is 0. The molecule has 3 aromatic rings. The number of hydrogen-bond donors (Lipinski definition) is 0. The van der Waals surface area contributed by atoms with Crippen LogP contribution in [0.25, 0.3) is 32.7 Å². The van der Waals surface area contributed by atoms with E-state index in [2.05, 4.69) is 122 Å². The van der Waals surface area contributed by atoms with Gasteiger partial charge in [-0.1, -0.05) is 115 Å². The molecule has 0 unspecified atom stereocenters. The zero-order chi connectivity index (χ0) is 26.1. The van der Waals surface area contributed by atoms with Crippen molar-refractivity contribution in [2.75, 3.05) is 0 Å². The van der Waals surface area contributed by atoms with Crippen LogP contribution >= 0.6 is 0 Å². The maximum Gasteiger partial charge on any atom is -0.00939 e. The highest BCUT2D eigenvalue weighted by Crippen LogP contribution is 2.46. The molecule has 0 heterocycles. The Bertz CT molecular complexity index is 1420. The molecule has 0 aromatic heterocycles. The first kappa shape index (κ1) is 26.0. The number of benzene rings is 3. The highest BCUT2D eigenvalue weighted by atomic mass is 14.3. The summed E-state index contributed by atoms with van der Waals surface area (Å²) in [5.41, 5.74) is 8.12. The number of hydrogen-bond acceptors (Lipinski definition) is 0. The molecule has 36 heavy (non-hydrogen) atoms. The monoisotopic (exact) mass is 474 g/mol. The average Bonchev–Trinajstić information content (AvgIpc) is 2.86. The van der Waals surface area contributed by atoms with Gasteiger partial charge in [-0.05, 0) is 104 Å². The summed E-state index contributed by atoms with van der Waals surface area (Å²) in [6.07, 6.45) is 18.5. The lowest BCUT2D eigenvalue weighted by atomic mass is 9.72. The Hall–Kier alpha value is -3.12. The molecule has 0 atom stereocenters. The van der Waals surface area contributed by atoms with Crippen molar-refractivity contribution in [3.63, 3.8) is 0 Å². The Morgan fingerprint density at radius 3 is 2.19 bits per heavy atom. The summed E-state index contributed by atoms with van der Waals surface area (Å²) in [5, 5.41) is 5.55. The molecule has 0 fully saturated rings. The zero-order valence-corrected chi connectivity index (χ0v) is 23.3. The second-order valence-corrected chi connectivity index (χ2v) is 11.7. The highest BCUT2D eigenvalue weighted by Gasteiger charge is 2.29. The first-order valence-electron chi connectivity index (χ1n) is 13.5. The lowest BCUT2D eigenvalue weighted by Gasteiger charge is -2.32. The van der Waals surface area contributed by atoms with Crippen molar-refractivity contribution >= 4 is 32.7 Å². The van der Waals surface area contributed by atoms with Gasteiger partial charge in [-0.15, -0.1) is 0 Å². The van der Waals surface area contributed by atoms with Gasteiger partial charge in [0.15, 0.2) is 0 Å². The normalized spacial score (nSPS) is 15.2. The van der Waals surface area contributed by atoms with Crippen LogP contribution in [-0.2, 0) is 10.8 Å². The lowest BCUT2D eigenvalue weighted by Crippen LogP contribution is -2.20. The fraction of sp³-hybridized carbons (Fsp3) is 0.333. The van der Waals surface area contributed by atoms with Gasteiger partial charge in [-0.3, -0.25) is 0 Å². The second-order valence-electron chi connectivity index (χ2n) is 11.7. The van der Waals surface area contributed by atoms with Crippen molar-refractivity contribution in [2.45, 2.75) is 78.6 Å². The van der Waals surface area contributed by atoms with E-state index in [0.29, 0.717) is 0 Å². The first-order chi connectivity index (χ1) is 17.1. The largest absolute Gasteiger partial charge is 0.0991 e. The maximum atomic E-state index is 3.86. The van der Waals surface area contributed by atoms with Gasteiger partial charge < -0.3 is 0 Å². The van der Waals surface area contributed by atoms with Crippen LogP contribution in [0.3, 0.4) is 0 Å². The first-order valence-corrected chi connectivity index (χ1v) is 13.5. The molecule has 0 heteroatoms. The predicted octanol–water partition coefficient (Wildman–Crippen LogP) is 10.9. The van der Waals surface area contributed by atoms with Gasteiger partial charge in [0, 0.05) is 0 Å². The second kappa shape index (κ2) is 10.1. The zero-order valence-electron chi connectivity index (χ0n) is 23.3. The van der Waals surface area contributed by atoms with Gasteiger partial charge in [0.25, 0.3) is 0 Å². The van der Waals surface area contributed by atoms with Crippen LogP contribution in [0.4, 0.5) is 0 Å². The third-order valence-corrected chi connectivity index (χ3v) is 7.81. The van der Waals surface area contributed by atoms with Gasteiger partial charge in [0.05, 0.1) is 0 Å². The minimum Gasteiger partial charge on any atom is -0.0991 e. The Labute approximate surface area is 218 Å². The van der Waals surface area contributed by atoms with Crippen molar-refractivity contribution in [1.82, 2.24) is 0 Å². The van der Waals surface area contributed by atoms with Crippen molar-refractivity contribution in [1.29, 1.82) is 0 Å². The molecule has 0 nitrogen and oxygen atoms in total. The van der Waals surface area contributed by atoms with E-state index in [1.165, 1.54) is 54.9 Å². The van der Waals surface area contributed by atoms with Crippen LogP contribution in [0.1, 0.15) is 90.0 Å². The van der Waals surface area contributed by atoms with E-state index < -0.39 is 0 Å². The van der Waals surface area contributed by atoms with Crippen LogP contribution < -0.4 is 0 Å². The molecule has 186 valence electrons. The summed E-state index contributed by atoms with van der Waals surface area (Å²) in [6.45, 7) is 20.2. The summed E-state index contributed by atoms with van der Waals surface area (Å²) in [6, 6.07) is 14.3. The molecule has 0 N–H and O–H groups in total. The Morgan fingerprint density at radius 2 is 1.58 bits per heavy atom. The summed E-state index contributed by atoms with van der Waals surface area (Å²) >= 11 is 0. The molecule has 1 aliphatic carbocycles.